The Labute approximate surface area is 217 Å². The van der Waals surface area contributed by atoms with Gasteiger partial charge in [0.15, 0.2) is 5.96 Å². The SMILES string of the molecule is NC(=O)CC(c1ccc(N/C(=N\C2CCCCC2)N2CCCC(O)C2)cc1)c1ccc(Cl)cc1Cl. The van der Waals surface area contributed by atoms with Crippen molar-refractivity contribution in [2.24, 2.45) is 10.7 Å². The van der Waals surface area contributed by atoms with Crippen LogP contribution in [-0.2, 0) is 4.79 Å². The largest absolute Gasteiger partial charge is 0.391 e. The van der Waals surface area contributed by atoms with Crippen molar-refractivity contribution in [2.75, 3.05) is 18.4 Å². The molecule has 1 aliphatic heterocycles. The van der Waals surface area contributed by atoms with E-state index in [9.17, 15) is 9.90 Å². The van der Waals surface area contributed by atoms with Gasteiger partial charge in [0.2, 0.25) is 5.91 Å². The summed E-state index contributed by atoms with van der Waals surface area (Å²) in [5.41, 5.74) is 8.23. The first kappa shape index (κ1) is 25.8. The highest BCUT2D eigenvalue weighted by atomic mass is 35.5. The lowest BCUT2D eigenvalue weighted by Crippen LogP contribution is -2.45. The van der Waals surface area contributed by atoms with E-state index < -0.39 is 5.91 Å². The molecular formula is C27H34Cl2N4O2. The molecule has 1 heterocycles. The topological polar surface area (TPSA) is 91.0 Å². The number of rotatable bonds is 6. The second kappa shape index (κ2) is 12.1. The van der Waals surface area contributed by atoms with Crippen LogP contribution >= 0.6 is 23.2 Å². The molecule has 188 valence electrons. The summed E-state index contributed by atoms with van der Waals surface area (Å²) in [6, 6.07) is 13.6. The molecule has 2 aromatic carbocycles. The van der Waals surface area contributed by atoms with Crippen LogP contribution in [0.4, 0.5) is 5.69 Å². The number of nitrogens with one attached hydrogen (secondary N) is 1. The van der Waals surface area contributed by atoms with Gasteiger partial charge in [0.25, 0.3) is 0 Å². The Hall–Kier alpha value is -2.28. The van der Waals surface area contributed by atoms with Gasteiger partial charge in [-0.15, -0.1) is 0 Å². The number of hydrogen-bond donors (Lipinski definition) is 3. The molecule has 1 aliphatic carbocycles. The lowest BCUT2D eigenvalue weighted by molar-refractivity contribution is -0.118. The molecule has 2 aromatic rings. The Balaban J connectivity index is 1.56. The number of guanidine groups is 1. The zero-order valence-electron chi connectivity index (χ0n) is 19.9. The van der Waals surface area contributed by atoms with Gasteiger partial charge < -0.3 is 21.1 Å². The van der Waals surface area contributed by atoms with Crippen molar-refractivity contribution in [3.63, 3.8) is 0 Å². The van der Waals surface area contributed by atoms with E-state index in [1.54, 1.807) is 12.1 Å². The molecule has 4 N–H and O–H groups in total. The highest BCUT2D eigenvalue weighted by Gasteiger charge is 2.24. The van der Waals surface area contributed by atoms with E-state index in [4.69, 9.17) is 33.9 Å². The number of nitrogens with zero attached hydrogens (tertiary/aromatic N) is 2. The van der Waals surface area contributed by atoms with Crippen LogP contribution in [0, 0.1) is 0 Å². The summed E-state index contributed by atoms with van der Waals surface area (Å²) in [4.78, 5) is 19.1. The van der Waals surface area contributed by atoms with Crippen LogP contribution < -0.4 is 11.1 Å². The van der Waals surface area contributed by atoms with Gasteiger partial charge in [0.05, 0.1) is 12.1 Å². The van der Waals surface area contributed by atoms with Crippen LogP contribution in [0.1, 0.15) is 68.4 Å². The molecule has 8 heteroatoms. The Morgan fingerprint density at radius 1 is 1.09 bits per heavy atom. The Bertz CT molecular complexity index is 1040. The standard InChI is InChI=1S/C27H34Cl2N4O2/c28-19-10-13-23(25(29)15-19)24(16-26(30)35)18-8-11-21(12-9-18)32-27(31-20-5-2-1-3-6-20)33-14-4-7-22(34)17-33/h8-13,15,20,22,24,34H,1-7,14,16-17H2,(H2,30,35)(H,31,32). The van der Waals surface area contributed by atoms with Crippen molar-refractivity contribution >= 4 is 40.8 Å². The average molecular weight is 518 g/mol. The zero-order valence-corrected chi connectivity index (χ0v) is 21.4. The number of halogens is 2. The molecule has 1 saturated heterocycles. The molecular weight excluding hydrogens is 483 g/mol. The second-order valence-corrected chi connectivity index (χ2v) is 10.5. The number of primary amides is 1. The van der Waals surface area contributed by atoms with Crippen LogP contribution in [0.2, 0.25) is 10.0 Å². The van der Waals surface area contributed by atoms with Gasteiger partial charge in [-0.3, -0.25) is 4.79 Å². The normalized spacial score (nSPS) is 20.5. The third kappa shape index (κ3) is 7.12. The Kier molecular flexibility index (Phi) is 8.93. The number of benzene rings is 2. The van der Waals surface area contributed by atoms with Crippen molar-refractivity contribution in [2.45, 2.75) is 69.4 Å². The smallest absolute Gasteiger partial charge is 0.218 e. The zero-order chi connectivity index (χ0) is 24.8. The van der Waals surface area contributed by atoms with Gasteiger partial charge in [-0.1, -0.05) is 60.7 Å². The molecule has 4 rings (SSSR count). The number of β-amino-alcohol motifs (C(OH)–C–C–N with tert-alkyl or cyclic N) is 1. The molecule has 2 fully saturated rings. The fourth-order valence-electron chi connectivity index (χ4n) is 5.04. The van der Waals surface area contributed by atoms with E-state index in [0.717, 1.165) is 55.0 Å². The fraction of sp³-hybridized carbons (Fsp3) is 0.481. The maximum absolute atomic E-state index is 11.8. The van der Waals surface area contributed by atoms with Gasteiger partial charge in [0.1, 0.15) is 0 Å². The summed E-state index contributed by atoms with van der Waals surface area (Å²) in [6.07, 6.45) is 7.52. The minimum Gasteiger partial charge on any atom is -0.391 e. The molecule has 35 heavy (non-hydrogen) atoms. The highest BCUT2D eigenvalue weighted by molar-refractivity contribution is 6.35. The summed E-state index contributed by atoms with van der Waals surface area (Å²) in [6.45, 7) is 1.47. The molecule has 2 unspecified atom stereocenters. The number of carbonyl (C=O) groups excluding carboxylic acids is 1. The van der Waals surface area contributed by atoms with E-state index in [0.29, 0.717) is 22.6 Å². The van der Waals surface area contributed by atoms with Crippen molar-refractivity contribution < 1.29 is 9.90 Å². The molecule has 0 radical (unpaired) electrons. The number of aliphatic hydroxyl groups excluding tert-OH is 1. The van der Waals surface area contributed by atoms with E-state index >= 15 is 0 Å². The second-order valence-electron chi connectivity index (χ2n) is 9.62. The summed E-state index contributed by atoms with van der Waals surface area (Å²) in [7, 11) is 0. The minimum absolute atomic E-state index is 0.147. The number of amides is 1. The number of anilines is 1. The number of aliphatic hydroxyl groups is 1. The van der Waals surface area contributed by atoms with Crippen LogP contribution in [0.5, 0.6) is 0 Å². The predicted molar refractivity (Wildman–Crippen MR) is 143 cm³/mol. The first-order chi connectivity index (χ1) is 16.9. The molecule has 1 amide bonds. The molecule has 0 spiro atoms. The van der Waals surface area contributed by atoms with Crippen molar-refractivity contribution in [1.82, 2.24) is 4.90 Å². The summed E-state index contributed by atoms with van der Waals surface area (Å²) in [5.74, 6) is 0.172. The number of likely N-dealkylation sites (tertiary alicyclic amines) is 1. The molecule has 0 aromatic heterocycles. The number of hydrogen-bond acceptors (Lipinski definition) is 3. The third-order valence-corrected chi connectivity index (χ3v) is 7.45. The number of piperidine rings is 1. The lowest BCUT2D eigenvalue weighted by Gasteiger charge is -2.34. The van der Waals surface area contributed by atoms with E-state index in [1.807, 2.05) is 30.3 Å². The maximum atomic E-state index is 11.8. The van der Waals surface area contributed by atoms with Gasteiger partial charge in [-0.05, 0) is 61.1 Å². The van der Waals surface area contributed by atoms with Gasteiger partial charge >= 0.3 is 0 Å². The van der Waals surface area contributed by atoms with Gasteiger partial charge in [-0.2, -0.15) is 0 Å². The first-order valence-corrected chi connectivity index (χ1v) is 13.3. The summed E-state index contributed by atoms with van der Waals surface area (Å²) in [5, 5.41) is 14.8. The monoisotopic (exact) mass is 516 g/mol. The summed E-state index contributed by atoms with van der Waals surface area (Å²) >= 11 is 12.5. The van der Waals surface area contributed by atoms with Crippen molar-refractivity contribution in [3.05, 3.63) is 63.6 Å². The maximum Gasteiger partial charge on any atom is 0.218 e. The third-order valence-electron chi connectivity index (χ3n) is 6.89. The fourth-order valence-corrected chi connectivity index (χ4v) is 5.58. The van der Waals surface area contributed by atoms with Crippen LogP contribution in [0.25, 0.3) is 0 Å². The van der Waals surface area contributed by atoms with Crippen molar-refractivity contribution in [1.29, 1.82) is 0 Å². The molecule has 2 aliphatic rings. The summed E-state index contributed by atoms with van der Waals surface area (Å²) < 4.78 is 0. The van der Waals surface area contributed by atoms with Crippen LogP contribution in [0.3, 0.4) is 0 Å². The molecule has 2 atom stereocenters. The molecule has 1 saturated carbocycles. The average Bonchev–Trinajstić information content (AvgIpc) is 2.84. The highest BCUT2D eigenvalue weighted by Crippen LogP contribution is 2.35. The van der Waals surface area contributed by atoms with Gasteiger partial charge in [-0.25, -0.2) is 4.99 Å². The number of nitrogens with two attached hydrogens (primary N) is 1. The van der Waals surface area contributed by atoms with Crippen molar-refractivity contribution in [3.8, 4) is 0 Å². The van der Waals surface area contributed by atoms with Crippen LogP contribution in [0.15, 0.2) is 47.5 Å². The quantitative estimate of drug-likeness (QED) is 0.346. The van der Waals surface area contributed by atoms with E-state index in [-0.39, 0.29) is 18.4 Å². The molecule has 6 nitrogen and oxygen atoms in total. The Morgan fingerprint density at radius 3 is 2.49 bits per heavy atom. The van der Waals surface area contributed by atoms with E-state index in [1.165, 1.54) is 19.3 Å². The molecule has 0 bridgehead atoms. The van der Waals surface area contributed by atoms with Gasteiger partial charge in [0, 0.05) is 41.2 Å². The minimum atomic E-state index is -0.395. The number of carbonyl (C=O) groups is 1. The predicted octanol–water partition coefficient (Wildman–Crippen LogP) is 5.56. The van der Waals surface area contributed by atoms with Crippen LogP contribution in [-0.4, -0.2) is 47.1 Å². The van der Waals surface area contributed by atoms with E-state index in [2.05, 4.69) is 10.2 Å². The Morgan fingerprint density at radius 2 is 1.83 bits per heavy atom. The lowest BCUT2D eigenvalue weighted by atomic mass is 9.88. The first-order valence-electron chi connectivity index (χ1n) is 12.5. The number of aliphatic imine (C=N–C) groups is 1.